The molecule has 1 N–H and O–H groups in total. The lowest BCUT2D eigenvalue weighted by atomic mass is 10.1. The van der Waals surface area contributed by atoms with Gasteiger partial charge in [-0.15, -0.1) is 0 Å². The van der Waals surface area contributed by atoms with Crippen LogP contribution >= 0.6 is 0 Å². The normalized spacial score (nSPS) is 20.2. The van der Waals surface area contributed by atoms with E-state index in [4.69, 9.17) is 5.11 Å². The summed E-state index contributed by atoms with van der Waals surface area (Å²) in [5, 5.41) is 8.69. The van der Waals surface area contributed by atoms with E-state index in [-0.39, 0.29) is 0 Å². The Morgan fingerprint density at radius 2 is 2.50 bits per heavy atom. The topological polar surface area (TPSA) is 52.9 Å². The number of carbonyl (C=O) groups is 1. The standard InChI is InChI=1S/C8H8N2O2/c11-8(12)10-2-1-6-3-9-4-7(6)5-10/h1,3-4H,2,5H2,(H,11,12). The third-order valence-electron chi connectivity index (χ3n) is 1.98. The highest BCUT2D eigenvalue weighted by molar-refractivity contribution is 5.89. The molecule has 4 nitrogen and oxygen atoms in total. The van der Waals surface area contributed by atoms with Gasteiger partial charge in [0.1, 0.15) is 0 Å². The molecule has 0 saturated carbocycles. The molecule has 0 fully saturated rings. The Bertz CT molecular complexity index is 315. The van der Waals surface area contributed by atoms with Crippen LogP contribution in [0, 0.1) is 0 Å². The Balaban J connectivity index is 2.21. The molecule has 0 spiro atoms. The van der Waals surface area contributed by atoms with Gasteiger partial charge in [0.25, 0.3) is 0 Å². The van der Waals surface area contributed by atoms with Crippen molar-refractivity contribution in [1.82, 2.24) is 4.90 Å². The fourth-order valence-electron chi connectivity index (χ4n) is 1.31. The SMILES string of the molecule is O=C(O)N1CC=C2C=NC=C2C1. The van der Waals surface area contributed by atoms with E-state index in [0.717, 1.165) is 11.1 Å². The molecular formula is C8H8N2O2. The van der Waals surface area contributed by atoms with Gasteiger partial charge in [-0.25, -0.2) is 4.79 Å². The number of hydrogen-bond acceptors (Lipinski definition) is 2. The molecule has 2 aliphatic heterocycles. The van der Waals surface area contributed by atoms with E-state index in [1.54, 1.807) is 12.4 Å². The van der Waals surface area contributed by atoms with Gasteiger partial charge in [-0.2, -0.15) is 0 Å². The summed E-state index contributed by atoms with van der Waals surface area (Å²) in [7, 11) is 0. The number of fused-ring (bicyclic) bond motifs is 1. The Morgan fingerprint density at radius 3 is 3.25 bits per heavy atom. The third-order valence-corrected chi connectivity index (χ3v) is 1.98. The highest BCUT2D eigenvalue weighted by Crippen LogP contribution is 2.19. The average molecular weight is 164 g/mol. The van der Waals surface area contributed by atoms with Crippen LogP contribution in [0.5, 0.6) is 0 Å². The monoisotopic (exact) mass is 164 g/mol. The number of nitrogens with zero attached hydrogens (tertiary/aromatic N) is 2. The van der Waals surface area contributed by atoms with Crippen molar-refractivity contribution >= 4 is 12.3 Å². The van der Waals surface area contributed by atoms with Crippen LogP contribution in [0.3, 0.4) is 0 Å². The molecule has 2 heterocycles. The summed E-state index contributed by atoms with van der Waals surface area (Å²) in [5.74, 6) is 0. The molecule has 0 aromatic rings. The summed E-state index contributed by atoms with van der Waals surface area (Å²) in [4.78, 5) is 15.9. The van der Waals surface area contributed by atoms with Crippen molar-refractivity contribution in [3.63, 3.8) is 0 Å². The molecule has 4 heteroatoms. The van der Waals surface area contributed by atoms with E-state index < -0.39 is 6.09 Å². The molecular weight excluding hydrogens is 156 g/mol. The number of rotatable bonds is 0. The van der Waals surface area contributed by atoms with E-state index >= 15 is 0 Å². The molecule has 0 unspecified atom stereocenters. The Morgan fingerprint density at radius 1 is 1.67 bits per heavy atom. The van der Waals surface area contributed by atoms with E-state index in [2.05, 4.69) is 4.99 Å². The summed E-state index contributed by atoms with van der Waals surface area (Å²) < 4.78 is 0. The first-order valence-electron chi connectivity index (χ1n) is 3.68. The minimum atomic E-state index is -0.877. The predicted octanol–water partition coefficient (Wildman–Crippen LogP) is 0.875. The quantitative estimate of drug-likeness (QED) is 0.577. The van der Waals surface area contributed by atoms with Crippen LogP contribution in [0.15, 0.2) is 28.4 Å². The summed E-state index contributed by atoms with van der Waals surface area (Å²) in [6.07, 6.45) is 4.47. The first-order chi connectivity index (χ1) is 5.77. The highest BCUT2D eigenvalue weighted by atomic mass is 16.4. The average Bonchev–Trinajstić information content (AvgIpc) is 2.49. The lowest BCUT2D eigenvalue weighted by Crippen LogP contribution is -2.34. The third kappa shape index (κ3) is 1.01. The number of aliphatic imine (C=N–C) groups is 1. The van der Waals surface area contributed by atoms with Crippen molar-refractivity contribution < 1.29 is 9.90 Å². The first kappa shape index (κ1) is 7.09. The van der Waals surface area contributed by atoms with Crippen molar-refractivity contribution in [3.05, 3.63) is 23.4 Å². The van der Waals surface area contributed by atoms with Gasteiger partial charge in [-0.3, -0.25) is 4.99 Å². The fourth-order valence-corrected chi connectivity index (χ4v) is 1.31. The Kier molecular flexibility index (Phi) is 1.46. The van der Waals surface area contributed by atoms with Crippen LogP contribution in [0.25, 0.3) is 0 Å². The summed E-state index contributed by atoms with van der Waals surface area (Å²) in [6.45, 7) is 0.926. The summed E-state index contributed by atoms with van der Waals surface area (Å²) in [6, 6.07) is 0. The zero-order valence-corrected chi connectivity index (χ0v) is 6.40. The van der Waals surface area contributed by atoms with Crippen molar-refractivity contribution in [1.29, 1.82) is 0 Å². The second-order valence-corrected chi connectivity index (χ2v) is 2.76. The van der Waals surface area contributed by atoms with Gasteiger partial charge in [-0.1, -0.05) is 6.08 Å². The van der Waals surface area contributed by atoms with E-state index in [0.29, 0.717) is 13.1 Å². The Hall–Kier alpha value is -1.58. The largest absolute Gasteiger partial charge is 0.465 e. The minimum Gasteiger partial charge on any atom is -0.465 e. The molecule has 2 rings (SSSR count). The molecule has 62 valence electrons. The van der Waals surface area contributed by atoms with Crippen LogP contribution in [0.1, 0.15) is 0 Å². The predicted molar refractivity (Wildman–Crippen MR) is 44.3 cm³/mol. The molecule has 0 saturated heterocycles. The maximum absolute atomic E-state index is 10.6. The van der Waals surface area contributed by atoms with Gasteiger partial charge in [0.2, 0.25) is 0 Å². The minimum absolute atomic E-state index is 0.459. The number of carboxylic acid groups (broad SMARTS) is 1. The molecule has 2 aliphatic rings. The molecule has 0 aliphatic carbocycles. The van der Waals surface area contributed by atoms with Gasteiger partial charge in [0.15, 0.2) is 0 Å². The van der Waals surface area contributed by atoms with Crippen molar-refractivity contribution in [2.75, 3.05) is 13.1 Å². The second kappa shape index (κ2) is 2.48. The molecule has 0 aromatic carbocycles. The smallest absolute Gasteiger partial charge is 0.407 e. The van der Waals surface area contributed by atoms with Gasteiger partial charge in [-0.05, 0) is 11.1 Å². The van der Waals surface area contributed by atoms with E-state index in [9.17, 15) is 4.79 Å². The molecule has 0 aromatic heterocycles. The lowest BCUT2D eigenvalue weighted by molar-refractivity contribution is 0.153. The zero-order valence-electron chi connectivity index (χ0n) is 6.40. The first-order valence-corrected chi connectivity index (χ1v) is 3.68. The lowest BCUT2D eigenvalue weighted by Gasteiger charge is -2.22. The number of amides is 1. The molecule has 1 amide bonds. The number of hydrogen-bond donors (Lipinski definition) is 1. The molecule has 12 heavy (non-hydrogen) atoms. The molecule has 0 atom stereocenters. The summed E-state index contributed by atoms with van der Waals surface area (Å²) >= 11 is 0. The van der Waals surface area contributed by atoms with Crippen LogP contribution in [0.4, 0.5) is 4.79 Å². The van der Waals surface area contributed by atoms with Gasteiger partial charge >= 0.3 is 6.09 Å². The maximum Gasteiger partial charge on any atom is 0.407 e. The van der Waals surface area contributed by atoms with Crippen molar-refractivity contribution in [2.45, 2.75) is 0 Å². The Labute approximate surface area is 69.5 Å². The zero-order chi connectivity index (χ0) is 8.55. The summed E-state index contributed by atoms with van der Waals surface area (Å²) in [5.41, 5.74) is 2.05. The maximum atomic E-state index is 10.6. The van der Waals surface area contributed by atoms with Crippen LogP contribution in [0.2, 0.25) is 0 Å². The van der Waals surface area contributed by atoms with Crippen LogP contribution < -0.4 is 0 Å². The van der Waals surface area contributed by atoms with Crippen LogP contribution in [-0.2, 0) is 0 Å². The van der Waals surface area contributed by atoms with Gasteiger partial charge in [0.05, 0.1) is 6.54 Å². The van der Waals surface area contributed by atoms with E-state index in [1.165, 1.54) is 4.90 Å². The molecule has 0 bridgehead atoms. The van der Waals surface area contributed by atoms with Gasteiger partial charge < -0.3 is 10.0 Å². The fraction of sp³-hybridized carbons (Fsp3) is 0.250. The van der Waals surface area contributed by atoms with Crippen molar-refractivity contribution in [3.8, 4) is 0 Å². The van der Waals surface area contributed by atoms with Gasteiger partial charge in [0, 0.05) is 19.0 Å². The molecule has 0 radical (unpaired) electrons. The van der Waals surface area contributed by atoms with Crippen LogP contribution in [-0.4, -0.2) is 35.4 Å². The van der Waals surface area contributed by atoms with E-state index in [1.807, 2.05) is 6.08 Å². The van der Waals surface area contributed by atoms with Crippen molar-refractivity contribution in [2.24, 2.45) is 4.99 Å². The highest BCUT2D eigenvalue weighted by Gasteiger charge is 2.20. The second-order valence-electron chi connectivity index (χ2n) is 2.76.